The quantitative estimate of drug-likeness (QED) is 0.863. The number of anilines is 1. The minimum absolute atomic E-state index is 0.0212. The van der Waals surface area contributed by atoms with Crippen LogP contribution in [-0.4, -0.2) is 18.6 Å². The molecule has 2 aromatic rings. The molecule has 0 unspecified atom stereocenters. The van der Waals surface area contributed by atoms with Gasteiger partial charge in [-0.25, -0.2) is 13.8 Å². The normalized spacial score (nSPS) is 10.2. The molecule has 98 valence electrons. The number of halogens is 2. The van der Waals surface area contributed by atoms with E-state index in [0.29, 0.717) is 13.0 Å². The number of likely N-dealkylation sites (N-methyl/N-ethyl adjacent to an activating group) is 1. The van der Waals surface area contributed by atoms with E-state index in [0.717, 1.165) is 17.1 Å². The smallest absolute Gasteiger partial charge is 0.150 e. The molecule has 2 rings (SSSR count). The van der Waals surface area contributed by atoms with E-state index >= 15 is 0 Å². The summed E-state index contributed by atoms with van der Waals surface area (Å²) in [4.78, 5) is 5.61. The first-order valence-corrected chi connectivity index (χ1v) is 6.48. The molecule has 0 aliphatic heterocycles. The highest BCUT2D eigenvalue weighted by Gasteiger charge is 2.15. The maximum atomic E-state index is 13.8. The highest BCUT2D eigenvalue weighted by Crippen LogP contribution is 2.24. The van der Waals surface area contributed by atoms with E-state index in [2.05, 4.69) is 4.98 Å². The second-order valence-electron chi connectivity index (χ2n) is 4.00. The summed E-state index contributed by atoms with van der Waals surface area (Å²) in [5.41, 5.74) is -0.136. The molecule has 0 amide bonds. The summed E-state index contributed by atoms with van der Waals surface area (Å²) in [6.45, 7) is 0.452. The molecule has 0 saturated heterocycles. The lowest BCUT2D eigenvalue weighted by Crippen LogP contribution is -2.22. The van der Waals surface area contributed by atoms with Crippen molar-refractivity contribution in [3.05, 3.63) is 45.9 Å². The first-order chi connectivity index (χ1) is 9.11. The number of hydrogen-bond acceptors (Lipinski definition) is 4. The summed E-state index contributed by atoms with van der Waals surface area (Å²) >= 11 is 1.51. The molecule has 0 N–H and O–H groups in total. The van der Waals surface area contributed by atoms with E-state index in [4.69, 9.17) is 5.26 Å². The van der Waals surface area contributed by atoms with Crippen LogP contribution in [-0.2, 0) is 6.42 Å². The summed E-state index contributed by atoms with van der Waals surface area (Å²) in [5.74, 6) is -1.45. The predicted octanol–water partition coefficient (Wildman–Crippen LogP) is 2.97. The van der Waals surface area contributed by atoms with Crippen molar-refractivity contribution in [2.24, 2.45) is 0 Å². The minimum atomic E-state index is -0.724. The second-order valence-corrected chi connectivity index (χ2v) is 4.98. The maximum Gasteiger partial charge on any atom is 0.150 e. The lowest BCUT2D eigenvalue weighted by atomic mass is 10.2. The highest BCUT2D eigenvalue weighted by atomic mass is 32.1. The van der Waals surface area contributed by atoms with Crippen molar-refractivity contribution in [2.45, 2.75) is 6.42 Å². The fraction of sp³-hybridized carbons (Fsp3) is 0.231. The van der Waals surface area contributed by atoms with Crippen molar-refractivity contribution in [1.29, 1.82) is 5.26 Å². The number of nitriles is 1. The van der Waals surface area contributed by atoms with Gasteiger partial charge in [0.25, 0.3) is 0 Å². The van der Waals surface area contributed by atoms with Crippen molar-refractivity contribution in [2.75, 3.05) is 18.5 Å². The van der Waals surface area contributed by atoms with Crippen LogP contribution < -0.4 is 4.90 Å². The van der Waals surface area contributed by atoms with Gasteiger partial charge in [-0.15, -0.1) is 11.3 Å². The minimum Gasteiger partial charge on any atom is -0.369 e. The van der Waals surface area contributed by atoms with Gasteiger partial charge < -0.3 is 4.90 Å². The van der Waals surface area contributed by atoms with E-state index < -0.39 is 11.6 Å². The summed E-state index contributed by atoms with van der Waals surface area (Å²) in [5, 5.41) is 11.4. The maximum absolute atomic E-state index is 13.8. The van der Waals surface area contributed by atoms with Gasteiger partial charge in [-0.3, -0.25) is 0 Å². The van der Waals surface area contributed by atoms with E-state index in [1.807, 2.05) is 5.38 Å². The summed E-state index contributed by atoms with van der Waals surface area (Å²) in [6.07, 6.45) is 2.32. The molecule has 0 bridgehead atoms. The van der Waals surface area contributed by atoms with Gasteiger partial charge >= 0.3 is 0 Å². The van der Waals surface area contributed by atoms with Crippen molar-refractivity contribution in [3.63, 3.8) is 0 Å². The Morgan fingerprint density at radius 2 is 2.05 bits per heavy atom. The number of benzene rings is 1. The molecule has 0 spiro atoms. The van der Waals surface area contributed by atoms with Crippen LogP contribution in [0.4, 0.5) is 14.5 Å². The zero-order valence-electron chi connectivity index (χ0n) is 10.2. The molecule has 1 aromatic heterocycles. The Bertz CT molecular complexity index is 582. The molecule has 0 fully saturated rings. The summed E-state index contributed by atoms with van der Waals surface area (Å²) in [7, 11) is 1.61. The Hall–Kier alpha value is -2.00. The van der Waals surface area contributed by atoms with Crippen molar-refractivity contribution < 1.29 is 8.78 Å². The zero-order chi connectivity index (χ0) is 13.8. The van der Waals surface area contributed by atoms with Crippen molar-refractivity contribution in [3.8, 4) is 6.07 Å². The average Bonchev–Trinajstić information content (AvgIpc) is 2.88. The molecule has 0 radical (unpaired) electrons. The Labute approximate surface area is 113 Å². The largest absolute Gasteiger partial charge is 0.369 e. The number of hydrogen-bond donors (Lipinski definition) is 0. The van der Waals surface area contributed by atoms with Crippen molar-refractivity contribution >= 4 is 17.0 Å². The second kappa shape index (κ2) is 5.76. The molecule has 0 saturated carbocycles. The number of aromatic nitrogens is 1. The van der Waals surface area contributed by atoms with E-state index in [-0.39, 0.29) is 11.3 Å². The average molecular weight is 279 g/mol. The highest BCUT2D eigenvalue weighted by molar-refractivity contribution is 7.09. The van der Waals surface area contributed by atoms with Crippen LogP contribution in [0.2, 0.25) is 0 Å². The SMILES string of the molecule is CN(CCc1nccs1)c1c(F)cc(C#N)cc1F. The molecule has 0 atom stereocenters. The van der Waals surface area contributed by atoms with Crippen LogP contribution in [0.15, 0.2) is 23.7 Å². The van der Waals surface area contributed by atoms with Gasteiger partial charge in [0.2, 0.25) is 0 Å². The third kappa shape index (κ3) is 3.06. The van der Waals surface area contributed by atoms with Crippen LogP contribution in [0, 0.1) is 23.0 Å². The predicted molar refractivity (Wildman–Crippen MR) is 70.2 cm³/mol. The molecule has 0 aliphatic rings. The van der Waals surface area contributed by atoms with Crippen LogP contribution >= 0.6 is 11.3 Å². The van der Waals surface area contributed by atoms with Gasteiger partial charge in [-0.1, -0.05) is 0 Å². The number of thiazole rings is 1. The van der Waals surface area contributed by atoms with Gasteiger partial charge in [0.05, 0.1) is 16.6 Å². The fourth-order valence-electron chi connectivity index (χ4n) is 1.75. The van der Waals surface area contributed by atoms with Crippen molar-refractivity contribution in [1.82, 2.24) is 4.98 Å². The van der Waals surface area contributed by atoms with Gasteiger partial charge in [-0.2, -0.15) is 5.26 Å². The third-order valence-electron chi connectivity index (χ3n) is 2.67. The third-order valence-corrected chi connectivity index (χ3v) is 3.51. The first-order valence-electron chi connectivity index (χ1n) is 5.60. The Balaban J connectivity index is 2.15. The Morgan fingerprint density at radius 3 is 2.58 bits per heavy atom. The fourth-order valence-corrected chi connectivity index (χ4v) is 2.36. The lowest BCUT2D eigenvalue weighted by molar-refractivity contribution is 0.576. The van der Waals surface area contributed by atoms with E-state index in [1.54, 1.807) is 19.3 Å². The number of nitrogens with zero attached hydrogens (tertiary/aromatic N) is 3. The standard InChI is InChI=1S/C13H11F2N3S/c1-18(4-2-12-17-3-5-19-12)13-10(14)6-9(8-16)7-11(13)15/h3,5-7H,2,4H2,1H3. The zero-order valence-corrected chi connectivity index (χ0v) is 11.0. The molecular formula is C13H11F2N3S. The Morgan fingerprint density at radius 1 is 1.37 bits per heavy atom. The molecule has 0 aliphatic carbocycles. The topological polar surface area (TPSA) is 39.9 Å². The van der Waals surface area contributed by atoms with Gasteiger partial charge in [0, 0.05) is 31.6 Å². The molecule has 6 heteroatoms. The van der Waals surface area contributed by atoms with Crippen LogP contribution in [0.1, 0.15) is 10.6 Å². The van der Waals surface area contributed by atoms with E-state index in [1.165, 1.54) is 16.2 Å². The van der Waals surface area contributed by atoms with Crippen LogP contribution in [0.5, 0.6) is 0 Å². The molecule has 3 nitrogen and oxygen atoms in total. The van der Waals surface area contributed by atoms with Crippen LogP contribution in [0.3, 0.4) is 0 Å². The molecule has 1 heterocycles. The molecule has 1 aromatic carbocycles. The van der Waals surface area contributed by atoms with Gasteiger partial charge in [0.1, 0.15) is 5.69 Å². The summed E-state index contributed by atoms with van der Waals surface area (Å²) in [6, 6.07) is 3.80. The van der Waals surface area contributed by atoms with E-state index in [9.17, 15) is 8.78 Å². The number of rotatable bonds is 4. The monoisotopic (exact) mass is 279 g/mol. The molecule has 19 heavy (non-hydrogen) atoms. The Kier molecular flexibility index (Phi) is 4.07. The first kappa shape index (κ1) is 13.4. The lowest BCUT2D eigenvalue weighted by Gasteiger charge is -2.20. The van der Waals surface area contributed by atoms with Gasteiger partial charge in [0.15, 0.2) is 11.6 Å². The summed E-state index contributed by atoms with van der Waals surface area (Å²) < 4.78 is 27.5. The van der Waals surface area contributed by atoms with Gasteiger partial charge in [-0.05, 0) is 12.1 Å². The molecular weight excluding hydrogens is 268 g/mol. The van der Waals surface area contributed by atoms with Crippen LogP contribution in [0.25, 0.3) is 0 Å².